The zero-order valence-electron chi connectivity index (χ0n) is 70.8. The first-order valence-electron chi connectivity index (χ1n) is 39.5. The van der Waals surface area contributed by atoms with E-state index in [-0.39, 0.29) is 55.8 Å². The van der Waals surface area contributed by atoms with Crippen molar-refractivity contribution in [2.45, 2.75) is 200 Å². The molecule has 48 heteroatoms. The van der Waals surface area contributed by atoms with E-state index in [4.69, 9.17) is 106 Å². The van der Waals surface area contributed by atoms with Crippen LogP contribution in [0.25, 0.3) is 16.7 Å². The third kappa shape index (κ3) is 36.2. The number of isocyanates is 1. The third-order valence-corrected chi connectivity index (χ3v) is 24.0. The van der Waals surface area contributed by atoms with Crippen LogP contribution in [0, 0.1) is 0 Å². The summed E-state index contributed by atoms with van der Waals surface area (Å²) >= 11 is 35.6. The number of hydrogen-bond donors (Lipinski definition) is 7. The number of hydrogen-bond acceptors (Lipinski definition) is 21. The number of alkyl halides is 9. The van der Waals surface area contributed by atoms with Gasteiger partial charge in [-0.15, -0.1) is 0 Å². The van der Waals surface area contributed by atoms with E-state index in [1.54, 1.807) is 68.4 Å². The van der Waals surface area contributed by atoms with Crippen molar-refractivity contribution in [2.24, 2.45) is 15.3 Å². The molecular formula is C82H100Cl8F9N13O14S4. The van der Waals surface area contributed by atoms with Gasteiger partial charge in [-0.1, -0.05) is 99.6 Å². The number of carbonyl (C=O) groups excluding carboxylic acids is 3. The average Bonchev–Trinajstić information content (AvgIpc) is 1.62. The van der Waals surface area contributed by atoms with Crippen LogP contribution in [-0.2, 0) is 110 Å². The minimum atomic E-state index is -4.65. The number of aryl methyl sites for hydroxylation is 3. The Hall–Kier alpha value is -6.58. The second kappa shape index (κ2) is 46.8. The maximum atomic E-state index is 13.2. The number of nitrogens with zero attached hydrogens (tertiary/aromatic N) is 7. The van der Waals surface area contributed by atoms with Gasteiger partial charge in [-0.05, 0) is 299 Å². The summed E-state index contributed by atoms with van der Waals surface area (Å²) in [6, 6.07) is 25.2. The molecule has 3 aliphatic carbocycles. The van der Waals surface area contributed by atoms with Gasteiger partial charge >= 0.3 is 59.4 Å². The topological polar surface area (TPSA) is 387 Å². The summed E-state index contributed by atoms with van der Waals surface area (Å²) in [5.74, 6) is 0. The van der Waals surface area contributed by atoms with Gasteiger partial charge < -0.3 is 20.3 Å². The van der Waals surface area contributed by atoms with E-state index < -0.39 is 114 Å². The number of amides is 2. The molecule has 0 radical (unpaired) electrons. The number of carbonyl (C=O) groups is 2. The third-order valence-electron chi connectivity index (χ3n) is 19.7. The molecule has 27 nitrogen and oxygen atoms in total. The van der Waals surface area contributed by atoms with Crippen molar-refractivity contribution >= 4 is 165 Å². The molecule has 0 spiro atoms. The quantitative estimate of drug-likeness (QED) is 0.0144. The number of fused-ring (bicyclic) bond motifs is 6. The summed E-state index contributed by atoms with van der Waals surface area (Å²) in [4.78, 5) is 49.5. The summed E-state index contributed by atoms with van der Waals surface area (Å²) in [7, 11) is -7.08. The molecule has 0 fully saturated rings. The van der Waals surface area contributed by atoms with Crippen molar-refractivity contribution in [1.82, 2.24) is 48.5 Å². The SMILES string of the molecule is C.CC(C)(C)O.CC(C)(C)OC(=O)NS(=O)(=O)Cl.CC(C)(C)OC(=O)NS(=O)(=O)NCC1C2=C(CCN1CCCc1ccc(Cl)c(C(F)(F)F)n1)c1cc(Cl)ccc1C2.NCC1C2=C(CCN1CCCc1ccc(Cl)c(C(F)(F)F)n1)c1cc(Cl)ccc1C2.NS(=O)(=O)NCC1C2=C(CCN1CCCc1ccc(Cl)c(C(F)(F)F)n1)c1cc(Cl)ccc1C2.O=C=NS(=O)(=O)Cl. The normalized spacial score (nSPS) is 17.1. The first kappa shape index (κ1) is 112. The Kier molecular flexibility index (Phi) is 40.4. The van der Waals surface area contributed by atoms with Gasteiger partial charge in [0.05, 0.1) is 20.7 Å². The van der Waals surface area contributed by atoms with E-state index in [1.165, 1.54) is 62.9 Å². The molecule has 720 valence electrons. The Morgan fingerprint density at radius 2 is 0.800 bits per heavy atom. The summed E-state index contributed by atoms with van der Waals surface area (Å²) in [5, 5.41) is 14.4. The summed E-state index contributed by atoms with van der Waals surface area (Å²) < 4.78 is 226. The monoisotopic (exact) mass is 2070 g/mol. The predicted molar refractivity (Wildman–Crippen MR) is 486 cm³/mol. The van der Waals surface area contributed by atoms with Crippen LogP contribution in [-0.4, -0.2) is 181 Å². The van der Waals surface area contributed by atoms with Crippen molar-refractivity contribution in [2.75, 3.05) is 58.9 Å². The molecule has 9 N–H and O–H groups in total. The van der Waals surface area contributed by atoms with Gasteiger partial charge in [0.2, 0.25) is 0 Å². The zero-order valence-corrected chi connectivity index (χ0v) is 80.2. The Labute approximate surface area is 789 Å². The molecule has 6 aromatic rings. The zero-order chi connectivity index (χ0) is 96.7. The number of ether oxygens (including phenoxy) is 2. The van der Waals surface area contributed by atoms with Crippen LogP contribution >= 0.6 is 91.0 Å². The molecule has 6 heterocycles. The van der Waals surface area contributed by atoms with Crippen LogP contribution < -0.4 is 29.8 Å². The maximum absolute atomic E-state index is 13.2. The summed E-state index contributed by atoms with van der Waals surface area (Å²) in [6.45, 7) is 19.4. The van der Waals surface area contributed by atoms with Crippen LogP contribution in [0.4, 0.5) is 49.1 Å². The minimum absolute atomic E-state index is 0. The molecule has 12 rings (SSSR count). The second-order valence-electron chi connectivity index (χ2n) is 32.9. The number of nitrogens with two attached hydrogens (primary N) is 2. The smallest absolute Gasteiger partial charge is 0.434 e. The van der Waals surface area contributed by atoms with Crippen molar-refractivity contribution in [3.05, 3.63) is 205 Å². The number of aromatic nitrogens is 3. The molecule has 3 aromatic heterocycles. The van der Waals surface area contributed by atoms with Crippen molar-refractivity contribution < 1.29 is 102 Å². The van der Waals surface area contributed by atoms with E-state index >= 15 is 0 Å². The largest absolute Gasteiger partial charge is 0.443 e. The standard InChI is InChI=1S/C27H31Cl2F3N4O4S.C22H23Cl2F3N4O2S.C22H22Cl2F3N3.C5H10ClNO4S.C4H10O.CClNO3S.CH4/c1-26(2,3)40-25(37)35-41(38,39)33-15-23-21-13-16-6-7-17(28)14-20(16)19(21)10-12-36(23)11-4-5-18-8-9-22(29)24(34-18)27(30,31)32;23-14-4-3-13-10-18-16(17(13)11-14)7-9-31(20(18)12-29-34(28,32)33)8-1-2-15-5-6-19(24)21(30-15)22(25,26)27;23-14-4-3-13-10-18-16(17(13)11-14)7-9-30(20(18)12-28)8-1-2-15-5-6-19(24)21(29-15)22(25,26)27;1-5(2,3)11-4(8)7-12(6,9)10;1-4(2,3)5;2-7(5,6)3-1-4;/h6-9,14,23,33H,4-5,10-13,15H2,1-3H3,(H,35,37);3-6,11,20,29H,1-2,7-10,12H2,(H2,28,32,33);3-6,11,20H,1-2,7-10,12,28H2;1-3H3,(H,7,8);5H,1-3H3;;1H4. The Bertz CT molecular complexity index is 5680. The van der Waals surface area contributed by atoms with Crippen molar-refractivity contribution in [1.29, 1.82) is 0 Å². The molecule has 6 aliphatic rings. The molecule has 3 aliphatic heterocycles. The number of benzene rings is 3. The number of rotatable bonds is 22. The fraction of sp³-hybridized carbons (Fsp3) is 0.488. The van der Waals surface area contributed by atoms with Crippen LogP contribution in [0.15, 0.2) is 112 Å². The minimum Gasteiger partial charge on any atom is -0.443 e. The van der Waals surface area contributed by atoms with Crippen molar-refractivity contribution in [3.63, 3.8) is 0 Å². The number of aliphatic hydroxyl groups is 1. The highest BCUT2D eigenvalue weighted by atomic mass is 35.7. The highest BCUT2D eigenvalue weighted by molar-refractivity contribution is 8.13. The van der Waals surface area contributed by atoms with Gasteiger partial charge in [0.15, 0.2) is 17.1 Å². The highest BCUT2D eigenvalue weighted by Crippen LogP contribution is 2.46. The Morgan fingerprint density at radius 3 is 1.07 bits per heavy atom. The van der Waals surface area contributed by atoms with E-state index in [1.807, 2.05) is 53.3 Å². The fourth-order valence-corrected chi connectivity index (χ4v) is 17.7. The summed E-state index contributed by atoms with van der Waals surface area (Å²) in [6.07, 6.45) is -7.88. The highest BCUT2D eigenvalue weighted by Gasteiger charge is 2.42. The second-order valence-corrected chi connectivity index (χ2v) is 42.8. The first-order chi connectivity index (χ1) is 59.4. The fourth-order valence-electron chi connectivity index (χ4n) is 14.9. The van der Waals surface area contributed by atoms with E-state index in [0.717, 1.165) is 82.4 Å². The Balaban J connectivity index is 0.000000267. The van der Waals surface area contributed by atoms with Gasteiger partial charge in [0.1, 0.15) is 11.2 Å². The van der Waals surface area contributed by atoms with E-state index in [0.29, 0.717) is 106 Å². The number of halogens is 17. The average molecular weight is 2070 g/mol. The predicted octanol–water partition coefficient (Wildman–Crippen LogP) is 17.6. The summed E-state index contributed by atoms with van der Waals surface area (Å²) in [5.41, 5.74) is 15.8. The molecule has 2 amide bonds. The van der Waals surface area contributed by atoms with Gasteiger partial charge in [-0.3, -0.25) is 14.7 Å². The lowest BCUT2D eigenvalue weighted by molar-refractivity contribution is -0.142. The lowest BCUT2D eigenvalue weighted by atomic mass is 9.92. The van der Waals surface area contributed by atoms with Gasteiger partial charge in [-0.25, -0.2) is 48.6 Å². The molecular weight excluding hydrogens is 1970 g/mol. The Morgan fingerprint density at radius 1 is 0.500 bits per heavy atom. The molecule has 3 atom stereocenters. The molecule has 130 heavy (non-hydrogen) atoms. The van der Waals surface area contributed by atoms with Gasteiger partial charge in [0, 0.05) is 111 Å². The molecule has 3 unspecified atom stereocenters. The van der Waals surface area contributed by atoms with E-state index in [9.17, 15) is 82.8 Å². The van der Waals surface area contributed by atoms with Crippen LogP contribution in [0.5, 0.6) is 0 Å². The number of nitrogens with one attached hydrogen (secondary N) is 4. The molecule has 0 saturated heterocycles. The maximum Gasteiger partial charge on any atom is 0.434 e. The lowest BCUT2D eigenvalue weighted by Crippen LogP contribution is -2.51. The van der Waals surface area contributed by atoms with Gasteiger partial charge in [0.25, 0.3) is 16.3 Å². The molecule has 0 saturated carbocycles. The van der Waals surface area contributed by atoms with Crippen LogP contribution in [0.2, 0.25) is 30.1 Å². The molecule has 3 aromatic carbocycles. The van der Waals surface area contributed by atoms with Gasteiger partial charge in [-0.2, -0.15) is 77.9 Å². The van der Waals surface area contributed by atoms with Crippen molar-refractivity contribution in [3.8, 4) is 0 Å². The number of pyridine rings is 3. The lowest BCUT2D eigenvalue weighted by Gasteiger charge is -2.37. The van der Waals surface area contributed by atoms with Crippen LogP contribution in [0.3, 0.4) is 0 Å². The van der Waals surface area contributed by atoms with Crippen LogP contribution in [0.1, 0.15) is 176 Å². The van der Waals surface area contributed by atoms with E-state index in [2.05, 4.69) is 65.0 Å². The molecule has 0 bridgehead atoms. The first-order valence-corrected chi connectivity index (χ1v) is 49.4.